The maximum Gasteiger partial charge on any atom is 0.309 e. The number of fused-ring (bicyclic) bond motifs is 1. The van der Waals surface area contributed by atoms with Gasteiger partial charge in [-0.25, -0.2) is 0 Å². The van der Waals surface area contributed by atoms with E-state index in [1.54, 1.807) is 0 Å². The Bertz CT molecular complexity index is 1450. The minimum atomic E-state index is -0.903. The van der Waals surface area contributed by atoms with Gasteiger partial charge in [-0.3, -0.25) is 14.5 Å². The van der Waals surface area contributed by atoms with Crippen LogP contribution in [0.2, 0.25) is 0 Å². The summed E-state index contributed by atoms with van der Waals surface area (Å²) in [5.74, 6) is 0.222. The minimum absolute atomic E-state index is 0.0569. The number of carboxylic acids is 1. The van der Waals surface area contributed by atoms with E-state index >= 15 is 0 Å². The normalized spacial score (nSPS) is 19.5. The highest BCUT2D eigenvalue weighted by molar-refractivity contribution is 5.94. The molecule has 8 heteroatoms. The molecule has 1 amide bonds. The summed E-state index contributed by atoms with van der Waals surface area (Å²) in [6.45, 7) is 11.5. The van der Waals surface area contributed by atoms with Gasteiger partial charge in [0.1, 0.15) is 5.75 Å². The van der Waals surface area contributed by atoms with Crippen molar-refractivity contribution in [3.63, 3.8) is 0 Å². The first kappa shape index (κ1) is 30.4. The lowest BCUT2D eigenvalue weighted by Crippen LogP contribution is -2.35. The van der Waals surface area contributed by atoms with Crippen LogP contribution in [0.25, 0.3) is 0 Å². The second-order valence-corrected chi connectivity index (χ2v) is 11.8. The average Bonchev–Trinajstić information content (AvgIpc) is 3.62. The SMILES string of the molecule is CCc1cccc(CC)c1NC(=O)CN1C[C@H](c2ccc3c(c2C)OCO3)C(C(=O)O)[C@@H]1c1ccc(OCC(C)C)cc1. The average molecular weight is 587 g/mol. The quantitative estimate of drug-likeness (QED) is 0.270. The van der Waals surface area contributed by atoms with Crippen LogP contribution in [0.4, 0.5) is 5.69 Å². The molecule has 0 bridgehead atoms. The molecule has 228 valence electrons. The summed E-state index contributed by atoms with van der Waals surface area (Å²) in [7, 11) is 0. The van der Waals surface area contributed by atoms with Crippen LogP contribution in [0.5, 0.6) is 17.2 Å². The highest BCUT2D eigenvalue weighted by Gasteiger charge is 2.48. The van der Waals surface area contributed by atoms with E-state index in [0.29, 0.717) is 30.6 Å². The van der Waals surface area contributed by atoms with Crippen molar-refractivity contribution in [2.75, 3.05) is 31.8 Å². The van der Waals surface area contributed by atoms with Crippen molar-refractivity contribution in [2.45, 2.75) is 59.4 Å². The van der Waals surface area contributed by atoms with Crippen molar-refractivity contribution in [1.29, 1.82) is 0 Å². The van der Waals surface area contributed by atoms with Crippen LogP contribution in [0.3, 0.4) is 0 Å². The molecule has 2 aliphatic rings. The third kappa shape index (κ3) is 6.34. The Hall–Kier alpha value is -4.04. The molecule has 3 atom stereocenters. The van der Waals surface area contributed by atoms with Crippen LogP contribution in [0.1, 0.15) is 67.5 Å². The maximum absolute atomic E-state index is 13.7. The lowest BCUT2D eigenvalue weighted by Gasteiger charge is -2.27. The molecule has 2 aliphatic heterocycles. The fourth-order valence-electron chi connectivity index (χ4n) is 6.43. The number of benzene rings is 3. The fraction of sp³-hybridized carbons (Fsp3) is 0.429. The van der Waals surface area contributed by atoms with E-state index < -0.39 is 17.9 Å². The number of rotatable bonds is 11. The van der Waals surface area contributed by atoms with E-state index in [-0.39, 0.29) is 25.2 Å². The van der Waals surface area contributed by atoms with Gasteiger partial charge in [0.15, 0.2) is 11.5 Å². The predicted molar refractivity (Wildman–Crippen MR) is 166 cm³/mol. The topological polar surface area (TPSA) is 97.3 Å². The zero-order valence-corrected chi connectivity index (χ0v) is 25.7. The van der Waals surface area contributed by atoms with E-state index in [1.165, 1.54) is 0 Å². The largest absolute Gasteiger partial charge is 0.493 e. The Balaban J connectivity index is 1.49. The number of hydrogen-bond acceptors (Lipinski definition) is 6. The minimum Gasteiger partial charge on any atom is -0.493 e. The Morgan fingerprint density at radius 2 is 1.72 bits per heavy atom. The third-order valence-electron chi connectivity index (χ3n) is 8.53. The summed E-state index contributed by atoms with van der Waals surface area (Å²) >= 11 is 0. The first-order chi connectivity index (χ1) is 20.7. The molecule has 8 nitrogen and oxygen atoms in total. The number of carboxylic acid groups (broad SMARTS) is 1. The van der Waals surface area contributed by atoms with Gasteiger partial charge in [-0.2, -0.15) is 0 Å². The molecule has 2 N–H and O–H groups in total. The molecule has 43 heavy (non-hydrogen) atoms. The number of nitrogens with one attached hydrogen (secondary N) is 1. The lowest BCUT2D eigenvalue weighted by atomic mass is 9.81. The number of hydrogen-bond donors (Lipinski definition) is 2. The van der Waals surface area contributed by atoms with E-state index in [0.717, 1.165) is 52.1 Å². The number of nitrogens with zero attached hydrogens (tertiary/aromatic N) is 1. The molecule has 1 saturated heterocycles. The number of likely N-dealkylation sites (tertiary alicyclic amines) is 1. The summed E-state index contributed by atoms with van der Waals surface area (Å²) in [4.78, 5) is 28.7. The van der Waals surface area contributed by atoms with Crippen LogP contribution < -0.4 is 19.5 Å². The summed E-state index contributed by atoms with van der Waals surface area (Å²) in [6, 6.07) is 17.0. The first-order valence-corrected chi connectivity index (χ1v) is 15.2. The molecule has 0 radical (unpaired) electrons. The number of carbonyl (C=O) groups excluding carboxylic acids is 1. The van der Waals surface area contributed by atoms with E-state index in [2.05, 4.69) is 33.0 Å². The molecule has 1 fully saturated rings. The number of aryl methyl sites for hydroxylation is 2. The third-order valence-corrected chi connectivity index (χ3v) is 8.53. The van der Waals surface area contributed by atoms with Crippen molar-refractivity contribution in [1.82, 2.24) is 4.90 Å². The van der Waals surface area contributed by atoms with Gasteiger partial charge < -0.3 is 24.6 Å². The van der Waals surface area contributed by atoms with E-state index in [4.69, 9.17) is 14.2 Å². The Labute approximate surface area is 254 Å². The van der Waals surface area contributed by atoms with E-state index in [9.17, 15) is 14.7 Å². The highest BCUT2D eigenvalue weighted by atomic mass is 16.7. The van der Waals surface area contributed by atoms with Gasteiger partial charge in [0, 0.05) is 24.2 Å². The van der Waals surface area contributed by atoms with Crippen LogP contribution in [-0.2, 0) is 22.4 Å². The van der Waals surface area contributed by atoms with Gasteiger partial charge in [-0.1, -0.05) is 64.1 Å². The number of anilines is 1. The van der Waals surface area contributed by atoms with Crippen molar-refractivity contribution in [2.24, 2.45) is 11.8 Å². The van der Waals surface area contributed by atoms with Crippen LogP contribution in [0.15, 0.2) is 54.6 Å². The number of amides is 1. The Morgan fingerprint density at radius 3 is 2.35 bits per heavy atom. The zero-order valence-electron chi connectivity index (χ0n) is 25.7. The number of aliphatic carboxylic acids is 1. The summed E-state index contributed by atoms with van der Waals surface area (Å²) in [5.41, 5.74) is 5.63. The zero-order chi connectivity index (χ0) is 30.7. The molecular formula is C35H42N2O6. The van der Waals surface area contributed by atoms with Crippen LogP contribution >= 0.6 is 0 Å². The maximum atomic E-state index is 13.7. The molecule has 1 unspecified atom stereocenters. The van der Waals surface area contributed by atoms with Gasteiger partial charge in [-0.15, -0.1) is 0 Å². The number of para-hydroxylation sites is 1. The summed E-state index contributed by atoms with van der Waals surface area (Å²) < 4.78 is 17.2. The molecule has 2 heterocycles. The monoisotopic (exact) mass is 586 g/mol. The Morgan fingerprint density at radius 1 is 1.02 bits per heavy atom. The number of ether oxygens (including phenoxy) is 3. The standard InChI is InChI=1S/C35H42N2O6/c1-6-23-9-8-10-24(7-2)32(23)36-30(38)18-37-17-28(27-15-16-29-34(22(27)5)43-20-42-29)31(35(39)40)33(37)25-11-13-26(14-12-25)41-19-21(3)4/h8-16,21,28,31,33H,6-7,17-20H2,1-5H3,(H,36,38)(H,39,40)/t28-,31?,33+/m1/s1. The molecular weight excluding hydrogens is 544 g/mol. The second-order valence-electron chi connectivity index (χ2n) is 11.8. The summed E-state index contributed by atoms with van der Waals surface area (Å²) in [5, 5.41) is 13.9. The molecule has 0 saturated carbocycles. The van der Waals surface area contributed by atoms with Crippen LogP contribution in [-0.4, -0.2) is 48.4 Å². The summed E-state index contributed by atoms with van der Waals surface area (Å²) in [6.07, 6.45) is 1.60. The van der Waals surface area contributed by atoms with Gasteiger partial charge in [0.2, 0.25) is 12.7 Å². The molecule has 0 aliphatic carbocycles. The van der Waals surface area contributed by atoms with Gasteiger partial charge in [0.25, 0.3) is 0 Å². The van der Waals surface area contributed by atoms with Crippen LogP contribution in [0, 0.1) is 18.8 Å². The van der Waals surface area contributed by atoms with Crippen molar-refractivity contribution in [3.05, 3.63) is 82.4 Å². The molecule has 0 aromatic heterocycles. The molecule has 0 spiro atoms. The predicted octanol–water partition coefficient (Wildman–Crippen LogP) is 6.36. The van der Waals surface area contributed by atoms with Gasteiger partial charge >= 0.3 is 5.97 Å². The fourth-order valence-corrected chi connectivity index (χ4v) is 6.43. The van der Waals surface area contributed by atoms with E-state index in [1.807, 2.05) is 66.4 Å². The first-order valence-electron chi connectivity index (χ1n) is 15.2. The van der Waals surface area contributed by atoms with Crippen molar-refractivity contribution in [3.8, 4) is 17.2 Å². The molecule has 3 aromatic carbocycles. The van der Waals surface area contributed by atoms with Crippen molar-refractivity contribution >= 4 is 17.6 Å². The molecule has 3 aromatic rings. The van der Waals surface area contributed by atoms with Crippen molar-refractivity contribution < 1.29 is 28.9 Å². The smallest absolute Gasteiger partial charge is 0.309 e. The molecule has 5 rings (SSSR count). The van der Waals surface area contributed by atoms with Gasteiger partial charge in [0.05, 0.1) is 19.1 Å². The highest BCUT2D eigenvalue weighted by Crippen LogP contribution is 2.49. The number of carbonyl (C=O) groups is 2. The van der Waals surface area contributed by atoms with Gasteiger partial charge in [-0.05, 0) is 71.7 Å². The second kappa shape index (κ2) is 13.1. The lowest BCUT2D eigenvalue weighted by molar-refractivity contribution is -0.143. The Kier molecular flexibility index (Phi) is 9.25.